The number of ether oxygens (including phenoxy) is 1. The predicted octanol–water partition coefficient (Wildman–Crippen LogP) is -2.43. The summed E-state index contributed by atoms with van der Waals surface area (Å²) in [7, 11) is 1.40. The maximum absolute atomic E-state index is 10.9. The summed E-state index contributed by atoms with van der Waals surface area (Å²) in [6.07, 6.45) is 0. The molecule has 0 aromatic heterocycles. The molecule has 0 saturated carbocycles. The van der Waals surface area contributed by atoms with Gasteiger partial charge in [-0.2, -0.15) is 0 Å². The summed E-state index contributed by atoms with van der Waals surface area (Å²) in [5.74, 6) is 0.125. The zero-order chi connectivity index (χ0) is 12.1. The average Bonchev–Trinajstić information content (AvgIpc) is 2.25. The van der Waals surface area contributed by atoms with Crippen molar-refractivity contribution in [3.05, 3.63) is 23.8 Å². The summed E-state index contributed by atoms with van der Waals surface area (Å²) in [6.45, 7) is 1.69. The third-order valence-electron chi connectivity index (χ3n) is 1.95. The second-order valence-corrected chi connectivity index (χ2v) is 4.04. The Morgan fingerprint density at radius 1 is 1.53 bits per heavy atom. The van der Waals surface area contributed by atoms with Crippen molar-refractivity contribution in [3.63, 3.8) is 0 Å². The molecule has 0 bridgehead atoms. The summed E-state index contributed by atoms with van der Waals surface area (Å²) in [4.78, 5) is 10.8. The number of rotatable bonds is 4. The Bertz CT molecular complexity index is 425. The molecule has 1 atom stereocenters. The number of hydrogen-bond donors (Lipinski definition) is 1. The molecule has 17 heavy (non-hydrogen) atoms. The Hall–Kier alpha value is -0.400. The van der Waals surface area contributed by atoms with Crippen LogP contribution < -0.4 is 39.6 Å². The second kappa shape index (κ2) is 7.84. The van der Waals surface area contributed by atoms with Crippen molar-refractivity contribution in [1.82, 2.24) is 5.32 Å². The van der Waals surface area contributed by atoms with Crippen LogP contribution in [-0.2, 0) is 22.4 Å². The van der Waals surface area contributed by atoms with Gasteiger partial charge in [0.05, 0.1) is 12.0 Å². The molecule has 0 aliphatic heterocycles. The van der Waals surface area contributed by atoms with Crippen LogP contribution in [0.3, 0.4) is 0 Å². The molecule has 0 radical (unpaired) electrons. The molecule has 0 fully saturated rings. The minimum atomic E-state index is -2.35. The molecule has 7 heteroatoms. The van der Waals surface area contributed by atoms with E-state index in [0.717, 1.165) is 0 Å². The number of hydrogen-bond acceptors (Lipinski definition) is 4. The van der Waals surface area contributed by atoms with Crippen LogP contribution in [0, 0.1) is 0 Å². The quantitative estimate of drug-likeness (QED) is 0.485. The second-order valence-electron chi connectivity index (χ2n) is 3.13. The van der Waals surface area contributed by atoms with Crippen molar-refractivity contribution in [3.8, 4) is 5.75 Å². The molecular weight excluding hydrogens is 253 g/mol. The fraction of sp³-hybridized carbons (Fsp3) is 0.300. The van der Waals surface area contributed by atoms with Gasteiger partial charge in [0, 0.05) is 13.5 Å². The van der Waals surface area contributed by atoms with Gasteiger partial charge in [-0.25, -0.2) is 0 Å². The van der Waals surface area contributed by atoms with Gasteiger partial charge in [0.15, 0.2) is 0 Å². The molecule has 1 unspecified atom stereocenters. The predicted molar refractivity (Wildman–Crippen MR) is 57.7 cm³/mol. The number of methoxy groups -OCH3 is 1. The van der Waals surface area contributed by atoms with Gasteiger partial charge >= 0.3 is 29.6 Å². The van der Waals surface area contributed by atoms with Gasteiger partial charge in [0.25, 0.3) is 0 Å². The van der Waals surface area contributed by atoms with E-state index in [-0.39, 0.29) is 40.4 Å². The first kappa shape index (κ1) is 16.6. The van der Waals surface area contributed by atoms with Gasteiger partial charge in [0.1, 0.15) is 5.75 Å². The zero-order valence-electron chi connectivity index (χ0n) is 9.98. The zero-order valence-corrected chi connectivity index (χ0v) is 12.8. The van der Waals surface area contributed by atoms with Crippen molar-refractivity contribution in [2.75, 3.05) is 7.11 Å². The topological polar surface area (TPSA) is 78.5 Å². The summed E-state index contributed by atoms with van der Waals surface area (Å²) in [6, 6.07) is 4.73. The maximum Gasteiger partial charge on any atom is 1.00 e. The van der Waals surface area contributed by atoms with Crippen LogP contribution in [0.4, 0.5) is 0 Å². The summed E-state index contributed by atoms with van der Waals surface area (Å²) >= 11 is -2.35. The minimum absolute atomic E-state index is 0. The maximum atomic E-state index is 10.9. The first-order chi connectivity index (χ1) is 7.54. The van der Waals surface area contributed by atoms with Gasteiger partial charge in [-0.05, 0) is 28.8 Å². The van der Waals surface area contributed by atoms with Crippen LogP contribution in [0.1, 0.15) is 12.5 Å². The Labute approximate surface area is 125 Å². The number of carbonyl (C=O) groups is 1. The van der Waals surface area contributed by atoms with Crippen LogP contribution in [-0.4, -0.2) is 21.8 Å². The molecule has 1 aromatic rings. The standard InChI is InChI=1S/C10H13NO4S.Na/c1-7(12)11-6-8-3-4-9(15-2)10(5-8)16(13)14;/h3-5H,6H2,1-2H3,(H,11,12)(H,13,14);/q;+1/p-1. The molecule has 0 aliphatic carbocycles. The van der Waals surface area contributed by atoms with Crippen molar-refractivity contribution in [2.24, 2.45) is 0 Å². The third kappa shape index (κ3) is 5.18. The van der Waals surface area contributed by atoms with Gasteiger partial charge < -0.3 is 14.6 Å². The molecule has 0 heterocycles. The molecule has 0 spiro atoms. The summed E-state index contributed by atoms with van der Waals surface area (Å²) in [5, 5.41) is 2.58. The van der Waals surface area contributed by atoms with E-state index in [1.165, 1.54) is 20.1 Å². The Morgan fingerprint density at radius 3 is 2.65 bits per heavy atom. The van der Waals surface area contributed by atoms with Crippen LogP contribution >= 0.6 is 0 Å². The molecule has 1 aromatic carbocycles. The molecular formula is C10H12NNaO4S. The van der Waals surface area contributed by atoms with Gasteiger partial charge in [-0.3, -0.25) is 9.00 Å². The fourth-order valence-corrected chi connectivity index (χ4v) is 1.75. The molecule has 1 N–H and O–H groups in total. The van der Waals surface area contributed by atoms with Crippen LogP contribution in [0.5, 0.6) is 5.75 Å². The largest absolute Gasteiger partial charge is 1.00 e. The number of nitrogens with one attached hydrogen (secondary N) is 1. The fourth-order valence-electron chi connectivity index (χ4n) is 1.19. The van der Waals surface area contributed by atoms with E-state index >= 15 is 0 Å². The van der Waals surface area contributed by atoms with E-state index < -0.39 is 11.1 Å². The normalized spacial score (nSPS) is 11.2. The van der Waals surface area contributed by atoms with E-state index in [1.807, 2.05) is 0 Å². The summed E-state index contributed by atoms with van der Waals surface area (Å²) < 4.78 is 26.7. The monoisotopic (exact) mass is 265 g/mol. The summed E-state index contributed by atoms with van der Waals surface area (Å²) in [5.41, 5.74) is 0.704. The van der Waals surface area contributed by atoms with Crippen molar-refractivity contribution in [1.29, 1.82) is 0 Å². The van der Waals surface area contributed by atoms with E-state index in [4.69, 9.17) is 4.74 Å². The Morgan fingerprint density at radius 2 is 2.18 bits per heavy atom. The SMILES string of the molecule is COc1ccc(CNC(C)=O)cc1S(=O)[O-].[Na+]. The van der Waals surface area contributed by atoms with E-state index in [1.54, 1.807) is 12.1 Å². The van der Waals surface area contributed by atoms with Crippen molar-refractivity contribution >= 4 is 17.0 Å². The minimum Gasteiger partial charge on any atom is -0.768 e. The van der Waals surface area contributed by atoms with Crippen molar-refractivity contribution < 1.29 is 47.9 Å². The van der Waals surface area contributed by atoms with E-state index in [0.29, 0.717) is 17.9 Å². The van der Waals surface area contributed by atoms with Crippen molar-refractivity contribution in [2.45, 2.75) is 18.4 Å². The number of amides is 1. The van der Waals surface area contributed by atoms with E-state index in [2.05, 4.69) is 5.32 Å². The Balaban J connectivity index is 0.00000256. The molecule has 88 valence electrons. The smallest absolute Gasteiger partial charge is 0.768 e. The Kier molecular flexibility index (Phi) is 7.65. The first-order valence-electron chi connectivity index (χ1n) is 4.55. The molecule has 5 nitrogen and oxygen atoms in total. The third-order valence-corrected chi connectivity index (χ3v) is 2.63. The molecule has 1 rings (SSSR count). The first-order valence-corrected chi connectivity index (χ1v) is 5.62. The average molecular weight is 265 g/mol. The number of carbonyl (C=O) groups excluding carboxylic acids is 1. The van der Waals surface area contributed by atoms with Crippen LogP contribution in [0.15, 0.2) is 23.1 Å². The molecule has 0 saturated heterocycles. The molecule has 1 amide bonds. The van der Waals surface area contributed by atoms with Gasteiger partial charge in [-0.15, -0.1) is 0 Å². The van der Waals surface area contributed by atoms with Crippen LogP contribution in [0.25, 0.3) is 0 Å². The molecule has 0 aliphatic rings. The van der Waals surface area contributed by atoms with E-state index in [9.17, 15) is 13.6 Å². The van der Waals surface area contributed by atoms with Crippen LogP contribution in [0.2, 0.25) is 0 Å². The van der Waals surface area contributed by atoms with Gasteiger partial charge in [0.2, 0.25) is 5.91 Å². The van der Waals surface area contributed by atoms with Gasteiger partial charge in [-0.1, -0.05) is 6.07 Å². The number of benzene rings is 1.